The number of aryl methyl sites for hydroxylation is 1. The highest BCUT2D eigenvalue weighted by atomic mass is 15.5. The Morgan fingerprint density at radius 3 is 3.00 bits per heavy atom. The third-order valence-electron chi connectivity index (χ3n) is 2.08. The van der Waals surface area contributed by atoms with Crippen LogP contribution in [-0.4, -0.2) is 20.6 Å². The van der Waals surface area contributed by atoms with E-state index in [1.807, 2.05) is 12.1 Å². The molecule has 2 rings (SSSR count). The smallest absolute Gasteiger partial charge is 0.179 e. The van der Waals surface area contributed by atoms with E-state index in [2.05, 4.69) is 39.7 Å². The molecule has 1 aromatic heterocycles. The van der Waals surface area contributed by atoms with Crippen LogP contribution in [0.1, 0.15) is 18.9 Å². The van der Waals surface area contributed by atoms with Crippen molar-refractivity contribution in [3.05, 3.63) is 29.8 Å². The van der Waals surface area contributed by atoms with Crippen molar-refractivity contribution < 1.29 is 0 Å². The largest absolute Gasteiger partial charge is 0.239 e. The van der Waals surface area contributed by atoms with Crippen LogP contribution in [0.2, 0.25) is 0 Å². The molecule has 0 aliphatic rings. The SMILES string of the molecule is CCCc1cccc(-c2nnn[nH]2)c1. The van der Waals surface area contributed by atoms with E-state index < -0.39 is 0 Å². The molecule has 0 saturated carbocycles. The highest BCUT2D eigenvalue weighted by molar-refractivity contribution is 5.54. The third-order valence-corrected chi connectivity index (χ3v) is 2.08. The molecule has 0 saturated heterocycles. The van der Waals surface area contributed by atoms with Crippen molar-refractivity contribution in [3.63, 3.8) is 0 Å². The van der Waals surface area contributed by atoms with Gasteiger partial charge in [0.05, 0.1) is 0 Å². The van der Waals surface area contributed by atoms with E-state index >= 15 is 0 Å². The molecule has 1 aromatic carbocycles. The molecule has 72 valence electrons. The number of benzene rings is 1. The summed E-state index contributed by atoms with van der Waals surface area (Å²) in [6, 6.07) is 8.27. The fourth-order valence-corrected chi connectivity index (χ4v) is 1.44. The lowest BCUT2D eigenvalue weighted by Crippen LogP contribution is -1.86. The monoisotopic (exact) mass is 188 g/mol. The van der Waals surface area contributed by atoms with Gasteiger partial charge in [-0.1, -0.05) is 31.5 Å². The summed E-state index contributed by atoms with van der Waals surface area (Å²) in [6.45, 7) is 2.17. The van der Waals surface area contributed by atoms with E-state index in [9.17, 15) is 0 Å². The normalized spacial score (nSPS) is 10.4. The van der Waals surface area contributed by atoms with E-state index in [-0.39, 0.29) is 0 Å². The van der Waals surface area contributed by atoms with E-state index in [4.69, 9.17) is 0 Å². The summed E-state index contributed by atoms with van der Waals surface area (Å²) in [7, 11) is 0. The molecule has 0 atom stereocenters. The Kier molecular flexibility index (Phi) is 2.53. The molecule has 0 amide bonds. The first kappa shape index (κ1) is 8.87. The zero-order chi connectivity index (χ0) is 9.80. The van der Waals surface area contributed by atoms with Crippen LogP contribution in [0.25, 0.3) is 11.4 Å². The molecule has 0 aliphatic carbocycles. The number of H-pyrrole nitrogens is 1. The minimum atomic E-state index is 0.725. The van der Waals surface area contributed by atoms with Crippen LogP contribution in [0.4, 0.5) is 0 Å². The number of tetrazole rings is 1. The molecular formula is C10H12N4. The Labute approximate surface area is 82.4 Å². The van der Waals surface area contributed by atoms with Crippen LogP contribution < -0.4 is 0 Å². The van der Waals surface area contributed by atoms with Crippen molar-refractivity contribution in [1.82, 2.24) is 20.6 Å². The number of aromatic nitrogens is 4. The number of hydrogen-bond acceptors (Lipinski definition) is 3. The zero-order valence-corrected chi connectivity index (χ0v) is 8.07. The van der Waals surface area contributed by atoms with Gasteiger partial charge in [0.2, 0.25) is 0 Å². The maximum absolute atomic E-state index is 3.87. The maximum Gasteiger partial charge on any atom is 0.179 e. The first-order chi connectivity index (χ1) is 6.90. The highest BCUT2D eigenvalue weighted by Gasteiger charge is 2.01. The van der Waals surface area contributed by atoms with Crippen molar-refractivity contribution >= 4 is 0 Å². The first-order valence-electron chi connectivity index (χ1n) is 4.73. The lowest BCUT2D eigenvalue weighted by Gasteiger charge is -2.00. The standard InChI is InChI=1S/C10H12N4/c1-2-4-8-5-3-6-9(7-8)10-11-13-14-12-10/h3,5-7H,2,4H2,1H3,(H,11,12,13,14). The van der Waals surface area contributed by atoms with E-state index in [1.54, 1.807) is 0 Å². The van der Waals surface area contributed by atoms with Crippen molar-refractivity contribution in [1.29, 1.82) is 0 Å². The van der Waals surface area contributed by atoms with Crippen LogP contribution in [0.3, 0.4) is 0 Å². The van der Waals surface area contributed by atoms with E-state index in [0.29, 0.717) is 0 Å². The molecule has 1 N–H and O–H groups in total. The number of nitrogens with zero attached hydrogens (tertiary/aromatic N) is 3. The molecule has 2 aromatic rings. The quantitative estimate of drug-likeness (QED) is 0.799. The lowest BCUT2D eigenvalue weighted by atomic mass is 10.1. The summed E-state index contributed by atoms with van der Waals surface area (Å²) in [4.78, 5) is 0. The van der Waals surface area contributed by atoms with Gasteiger partial charge in [0, 0.05) is 5.56 Å². The second-order valence-electron chi connectivity index (χ2n) is 3.20. The Morgan fingerprint density at radius 2 is 2.29 bits per heavy atom. The number of aromatic amines is 1. The second-order valence-corrected chi connectivity index (χ2v) is 3.20. The van der Waals surface area contributed by atoms with Gasteiger partial charge in [-0.3, -0.25) is 0 Å². The summed E-state index contributed by atoms with van der Waals surface area (Å²) < 4.78 is 0. The van der Waals surface area contributed by atoms with Crippen LogP contribution in [0, 0.1) is 0 Å². The lowest BCUT2D eigenvalue weighted by molar-refractivity contribution is 0.881. The highest BCUT2D eigenvalue weighted by Crippen LogP contribution is 2.15. The average molecular weight is 188 g/mol. The minimum Gasteiger partial charge on any atom is -0.239 e. The number of nitrogens with one attached hydrogen (secondary N) is 1. The van der Waals surface area contributed by atoms with Gasteiger partial charge in [-0.2, -0.15) is 0 Å². The fourth-order valence-electron chi connectivity index (χ4n) is 1.44. The van der Waals surface area contributed by atoms with Crippen molar-refractivity contribution in [2.75, 3.05) is 0 Å². The molecule has 4 heteroatoms. The molecular weight excluding hydrogens is 176 g/mol. The Hall–Kier alpha value is -1.71. The Balaban J connectivity index is 2.31. The van der Waals surface area contributed by atoms with Crippen molar-refractivity contribution in [2.45, 2.75) is 19.8 Å². The molecule has 4 nitrogen and oxygen atoms in total. The van der Waals surface area contributed by atoms with Gasteiger partial charge in [0.1, 0.15) is 0 Å². The predicted octanol–water partition coefficient (Wildman–Crippen LogP) is 1.82. The van der Waals surface area contributed by atoms with E-state index in [1.165, 1.54) is 5.56 Å². The van der Waals surface area contributed by atoms with Crippen LogP contribution in [0.15, 0.2) is 24.3 Å². The second kappa shape index (κ2) is 4.00. The summed E-state index contributed by atoms with van der Waals surface area (Å²) in [6.07, 6.45) is 2.24. The van der Waals surface area contributed by atoms with Crippen molar-refractivity contribution in [2.24, 2.45) is 0 Å². The Morgan fingerprint density at radius 1 is 1.36 bits per heavy atom. The first-order valence-corrected chi connectivity index (χ1v) is 4.73. The van der Waals surface area contributed by atoms with Gasteiger partial charge in [-0.15, -0.1) is 5.10 Å². The van der Waals surface area contributed by atoms with Crippen LogP contribution in [0.5, 0.6) is 0 Å². The maximum atomic E-state index is 3.87. The third kappa shape index (κ3) is 1.79. The minimum absolute atomic E-state index is 0.725. The fraction of sp³-hybridized carbons (Fsp3) is 0.300. The van der Waals surface area contributed by atoms with Crippen molar-refractivity contribution in [3.8, 4) is 11.4 Å². The van der Waals surface area contributed by atoms with Gasteiger partial charge >= 0.3 is 0 Å². The summed E-state index contributed by atoms with van der Waals surface area (Å²) in [5.41, 5.74) is 2.36. The van der Waals surface area contributed by atoms with Crippen LogP contribution >= 0.6 is 0 Å². The molecule has 14 heavy (non-hydrogen) atoms. The summed E-state index contributed by atoms with van der Waals surface area (Å²) in [5.74, 6) is 0.725. The van der Waals surface area contributed by atoms with Gasteiger partial charge in [0.15, 0.2) is 5.82 Å². The summed E-state index contributed by atoms with van der Waals surface area (Å²) in [5, 5.41) is 13.7. The van der Waals surface area contributed by atoms with Gasteiger partial charge in [-0.05, 0) is 28.5 Å². The van der Waals surface area contributed by atoms with E-state index in [0.717, 1.165) is 24.2 Å². The summed E-state index contributed by atoms with van der Waals surface area (Å²) >= 11 is 0. The number of hydrogen-bond donors (Lipinski definition) is 1. The van der Waals surface area contributed by atoms with Crippen LogP contribution in [-0.2, 0) is 6.42 Å². The average Bonchev–Trinajstić information content (AvgIpc) is 2.71. The van der Waals surface area contributed by atoms with Gasteiger partial charge in [-0.25, -0.2) is 5.10 Å². The molecule has 0 spiro atoms. The van der Waals surface area contributed by atoms with Gasteiger partial charge < -0.3 is 0 Å². The van der Waals surface area contributed by atoms with Gasteiger partial charge in [0.25, 0.3) is 0 Å². The molecule has 0 fully saturated rings. The molecule has 0 unspecified atom stereocenters. The number of rotatable bonds is 3. The molecule has 0 aliphatic heterocycles. The Bertz CT molecular complexity index is 394. The zero-order valence-electron chi connectivity index (χ0n) is 8.07. The topological polar surface area (TPSA) is 54.5 Å². The molecule has 0 radical (unpaired) electrons. The predicted molar refractivity (Wildman–Crippen MR) is 53.6 cm³/mol. The molecule has 1 heterocycles. The molecule has 0 bridgehead atoms.